The lowest BCUT2D eigenvalue weighted by atomic mass is 10.0. The van der Waals surface area contributed by atoms with Gasteiger partial charge >= 0.3 is 5.97 Å². The third-order valence-corrected chi connectivity index (χ3v) is 8.82. The SMILES string of the molecule is Cc1c(C(N)=O)sc(N(C=O)CC(OC2COC3C(O)COC23)c2ccccc2)c1C(=O)N(C)C(C)(C)C(=O)O. The number of carboxylic acid groups (broad SMARTS) is 1. The van der Waals surface area contributed by atoms with Crippen LogP contribution in [0.2, 0.25) is 0 Å². The van der Waals surface area contributed by atoms with Crippen molar-refractivity contribution in [1.29, 1.82) is 0 Å². The summed E-state index contributed by atoms with van der Waals surface area (Å²) in [5.41, 5.74) is 4.98. The summed E-state index contributed by atoms with van der Waals surface area (Å²) in [5.74, 6) is -2.70. The van der Waals surface area contributed by atoms with Gasteiger partial charge in [0.15, 0.2) is 0 Å². The molecule has 2 aliphatic rings. The molecule has 5 atom stereocenters. The van der Waals surface area contributed by atoms with E-state index < -0.39 is 53.8 Å². The number of amides is 3. The summed E-state index contributed by atoms with van der Waals surface area (Å²) in [6.45, 7) is 4.52. The Morgan fingerprint density at radius 1 is 1.20 bits per heavy atom. The zero-order valence-corrected chi connectivity index (χ0v) is 23.4. The summed E-state index contributed by atoms with van der Waals surface area (Å²) >= 11 is 0.875. The number of thiophene rings is 1. The van der Waals surface area contributed by atoms with Crippen molar-refractivity contribution in [2.45, 2.75) is 56.8 Å². The largest absolute Gasteiger partial charge is 0.480 e. The fourth-order valence-corrected chi connectivity index (χ4v) is 5.90. The van der Waals surface area contributed by atoms with Crippen molar-refractivity contribution in [2.75, 3.05) is 31.7 Å². The molecule has 1 aromatic carbocycles. The van der Waals surface area contributed by atoms with Gasteiger partial charge in [0.05, 0.1) is 30.2 Å². The van der Waals surface area contributed by atoms with Crippen LogP contribution in [0.5, 0.6) is 0 Å². The number of aliphatic carboxylic acids is 1. The van der Waals surface area contributed by atoms with E-state index in [1.165, 1.54) is 32.7 Å². The number of ether oxygens (including phenoxy) is 3. The molecule has 13 heteroatoms. The first-order valence-electron chi connectivity index (χ1n) is 12.7. The van der Waals surface area contributed by atoms with Crippen LogP contribution in [-0.2, 0) is 23.8 Å². The highest BCUT2D eigenvalue weighted by atomic mass is 32.1. The van der Waals surface area contributed by atoms with Crippen LogP contribution < -0.4 is 10.6 Å². The van der Waals surface area contributed by atoms with Gasteiger partial charge in [0.2, 0.25) is 6.41 Å². The summed E-state index contributed by atoms with van der Waals surface area (Å²) in [7, 11) is 1.34. The Morgan fingerprint density at radius 2 is 1.85 bits per heavy atom. The number of anilines is 1. The van der Waals surface area contributed by atoms with Crippen LogP contribution in [0, 0.1) is 6.92 Å². The molecule has 3 heterocycles. The number of nitrogens with zero attached hydrogens (tertiary/aromatic N) is 2. The number of carbonyl (C=O) groups is 4. The molecule has 4 rings (SSSR count). The van der Waals surface area contributed by atoms with Gasteiger partial charge < -0.3 is 40.0 Å². The molecule has 4 N–H and O–H groups in total. The van der Waals surface area contributed by atoms with Crippen LogP contribution in [-0.4, -0.2) is 96.1 Å². The Labute approximate surface area is 235 Å². The molecule has 2 fully saturated rings. The Bertz CT molecular complexity index is 1280. The number of hydrogen-bond acceptors (Lipinski definition) is 9. The maximum absolute atomic E-state index is 13.7. The number of primary amides is 1. The van der Waals surface area contributed by atoms with Gasteiger partial charge in [-0.1, -0.05) is 30.3 Å². The fourth-order valence-electron chi connectivity index (χ4n) is 4.77. The molecular formula is C27H33N3O9S. The van der Waals surface area contributed by atoms with E-state index in [4.69, 9.17) is 19.9 Å². The summed E-state index contributed by atoms with van der Waals surface area (Å²) < 4.78 is 17.8. The number of rotatable bonds is 11. The maximum Gasteiger partial charge on any atom is 0.329 e. The molecule has 2 aliphatic heterocycles. The predicted molar refractivity (Wildman–Crippen MR) is 144 cm³/mol. The second-order valence-corrected chi connectivity index (χ2v) is 11.3. The van der Waals surface area contributed by atoms with Crippen molar-refractivity contribution in [3.63, 3.8) is 0 Å². The van der Waals surface area contributed by atoms with Gasteiger partial charge in [-0.05, 0) is 31.9 Å². The van der Waals surface area contributed by atoms with E-state index in [0.717, 1.165) is 21.8 Å². The number of likely N-dealkylation sites (N-methyl/N-ethyl adjacent to an activating group) is 1. The third kappa shape index (κ3) is 5.47. The van der Waals surface area contributed by atoms with Crippen molar-refractivity contribution in [3.05, 3.63) is 51.9 Å². The van der Waals surface area contributed by atoms with Gasteiger partial charge in [-0.25, -0.2) is 4.79 Å². The zero-order valence-electron chi connectivity index (χ0n) is 22.6. The molecule has 0 bridgehead atoms. The Balaban J connectivity index is 1.71. The molecule has 0 radical (unpaired) electrons. The van der Waals surface area contributed by atoms with Gasteiger partial charge in [0, 0.05) is 7.05 Å². The summed E-state index contributed by atoms with van der Waals surface area (Å²) in [6, 6.07) is 9.13. The molecule has 12 nitrogen and oxygen atoms in total. The molecule has 40 heavy (non-hydrogen) atoms. The normalized spacial score (nSPS) is 22.9. The van der Waals surface area contributed by atoms with Crippen molar-refractivity contribution >= 4 is 40.5 Å². The third-order valence-electron chi connectivity index (χ3n) is 7.48. The monoisotopic (exact) mass is 575 g/mol. The summed E-state index contributed by atoms with van der Waals surface area (Å²) in [6.07, 6.45) is -2.48. The molecule has 216 valence electrons. The minimum Gasteiger partial charge on any atom is -0.480 e. The second kappa shape index (κ2) is 11.6. The number of aliphatic hydroxyl groups excluding tert-OH is 1. The standard InChI is InChI=1S/C27H33N3O9S/c1-14-19(24(34)29(4)27(2,3)26(35)36)25(40-22(14)23(28)33)30(13-31)10-17(15-8-6-5-7-9-15)39-18-12-38-20-16(32)11-37-21(18)20/h5-9,13,16-18,20-21,32H,10-12H2,1-4H3,(H2,28,33)(H,35,36). The second-order valence-electron chi connectivity index (χ2n) is 10.3. The van der Waals surface area contributed by atoms with E-state index in [0.29, 0.717) is 6.41 Å². The Kier molecular flexibility index (Phi) is 8.61. The van der Waals surface area contributed by atoms with Crippen molar-refractivity contribution in [1.82, 2.24) is 4.90 Å². The van der Waals surface area contributed by atoms with E-state index in [1.54, 1.807) is 0 Å². The lowest BCUT2D eigenvalue weighted by Crippen LogP contribution is -2.51. The average molecular weight is 576 g/mol. The Hall–Kier alpha value is -3.36. The minimum atomic E-state index is -1.58. The van der Waals surface area contributed by atoms with E-state index in [-0.39, 0.29) is 40.8 Å². The zero-order chi connectivity index (χ0) is 29.4. The highest BCUT2D eigenvalue weighted by Crippen LogP contribution is 2.39. The van der Waals surface area contributed by atoms with Crippen LogP contribution in [0.25, 0.3) is 0 Å². The summed E-state index contributed by atoms with van der Waals surface area (Å²) in [5, 5.41) is 19.9. The molecular weight excluding hydrogens is 542 g/mol. The number of nitrogens with two attached hydrogens (primary N) is 1. The molecule has 1 aromatic heterocycles. The van der Waals surface area contributed by atoms with Crippen LogP contribution in [0.1, 0.15) is 51.1 Å². The van der Waals surface area contributed by atoms with Gasteiger partial charge in [-0.3, -0.25) is 14.4 Å². The number of benzene rings is 1. The molecule has 5 unspecified atom stereocenters. The van der Waals surface area contributed by atoms with Crippen molar-refractivity contribution in [2.24, 2.45) is 5.73 Å². The molecule has 0 spiro atoms. The quantitative estimate of drug-likeness (QED) is 0.335. The molecule has 0 aliphatic carbocycles. The highest BCUT2D eigenvalue weighted by molar-refractivity contribution is 7.18. The van der Waals surface area contributed by atoms with Gasteiger partial charge in [-0.2, -0.15) is 0 Å². The Morgan fingerprint density at radius 3 is 2.45 bits per heavy atom. The molecule has 2 saturated heterocycles. The fraction of sp³-hybridized carbons (Fsp3) is 0.481. The highest BCUT2D eigenvalue weighted by Gasteiger charge is 2.48. The first-order chi connectivity index (χ1) is 18.9. The van der Waals surface area contributed by atoms with E-state index >= 15 is 0 Å². The van der Waals surface area contributed by atoms with Crippen LogP contribution >= 0.6 is 11.3 Å². The van der Waals surface area contributed by atoms with Crippen molar-refractivity contribution in [3.8, 4) is 0 Å². The number of carboxylic acids is 1. The number of aliphatic hydroxyl groups is 1. The smallest absolute Gasteiger partial charge is 0.329 e. The van der Waals surface area contributed by atoms with Crippen LogP contribution in [0.3, 0.4) is 0 Å². The first kappa shape index (κ1) is 29.6. The van der Waals surface area contributed by atoms with Crippen molar-refractivity contribution < 1.29 is 43.6 Å². The minimum absolute atomic E-state index is 0.000971. The van der Waals surface area contributed by atoms with E-state index in [9.17, 15) is 29.4 Å². The maximum atomic E-state index is 13.7. The van der Waals surface area contributed by atoms with Gasteiger partial charge in [-0.15, -0.1) is 11.3 Å². The van der Waals surface area contributed by atoms with E-state index in [1.807, 2.05) is 30.3 Å². The lowest BCUT2D eigenvalue weighted by Gasteiger charge is -2.33. The lowest BCUT2D eigenvalue weighted by molar-refractivity contribution is -0.147. The predicted octanol–water partition coefficient (Wildman–Crippen LogP) is 1.34. The van der Waals surface area contributed by atoms with Gasteiger partial charge in [0.25, 0.3) is 11.8 Å². The van der Waals surface area contributed by atoms with Crippen LogP contribution in [0.4, 0.5) is 5.00 Å². The number of fused-ring (bicyclic) bond motifs is 1. The number of hydrogen-bond donors (Lipinski definition) is 3. The topological polar surface area (TPSA) is 169 Å². The number of carbonyl (C=O) groups excluding carboxylic acids is 3. The van der Waals surface area contributed by atoms with Gasteiger partial charge in [0.1, 0.15) is 41.1 Å². The molecule has 3 amide bonds. The summed E-state index contributed by atoms with van der Waals surface area (Å²) in [4.78, 5) is 52.7. The first-order valence-corrected chi connectivity index (χ1v) is 13.5. The molecule has 0 saturated carbocycles. The molecule has 2 aromatic rings. The van der Waals surface area contributed by atoms with E-state index in [2.05, 4.69) is 0 Å². The van der Waals surface area contributed by atoms with Crippen LogP contribution in [0.15, 0.2) is 30.3 Å². The average Bonchev–Trinajstić information content (AvgIpc) is 3.60.